The number of guanidine groups is 1. The van der Waals surface area contributed by atoms with E-state index in [1.54, 1.807) is 12.1 Å². The summed E-state index contributed by atoms with van der Waals surface area (Å²) < 4.78 is 2.20. The molecule has 156 valence electrons. The summed E-state index contributed by atoms with van der Waals surface area (Å²) in [5.74, 6) is 1.57. The third kappa shape index (κ3) is 5.56. The van der Waals surface area contributed by atoms with E-state index in [1.807, 2.05) is 37.9 Å². The molecule has 2 unspecified atom stereocenters. The Hall–Kier alpha value is -2.90. The van der Waals surface area contributed by atoms with Crippen LogP contribution in [-0.2, 0) is 6.42 Å². The normalized spacial score (nSPS) is 19.9. The zero-order valence-corrected chi connectivity index (χ0v) is 17.2. The van der Waals surface area contributed by atoms with Crippen LogP contribution in [0, 0.1) is 16.0 Å². The van der Waals surface area contributed by atoms with Crippen molar-refractivity contribution in [1.82, 2.24) is 19.8 Å². The summed E-state index contributed by atoms with van der Waals surface area (Å²) in [7, 11) is 1.84. The quantitative estimate of drug-likeness (QED) is 0.254. The average molecular weight is 399 g/mol. The molecule has 0 spiro atoms. The lowest BCUT2D eigenvalue weighted by atomic mass is 9.93. The first-order valence-corrected chi connectivity index (χ1v) is 10.2. The van der Waals surface area contributed by atoms with Crippen molar-refractivity contribution in [1.29, 1.82) is 0 Å². The highest BCUT2D eigenvalue weighted by molar-refractivity contribution is 5.80. The summed E-state index contributed by atoms with van der Waals surface area (Å²) in [4.78, 5) is 21.4. The number of aliphatic imine (C=N–C) groups is 1. The van der Waals surface area contributed by atoms with Gasteiger partial charge in [-0.2, -0.15) is 0 Å². The van der Waals surface area contributed by atoms with Crippen molar-refractivity contribution >= 4 is 11.6 Å². The summed E-state index contributed by atoms with van der Waals surface area (Å²) in [6.45, 7) is 5.10. The van der Waals surface area contributed by atoms with E-state index in [9.17, 15) is 10.1 Å². The van der Waals surface area contributed by atoms with E-state index in [0.29, 0.717) is 12.0 Å². The van der Waals surface area contributed by atoms with Crippen LogP contribution in [-0.4, -0.2) is 52.0 Å². The van der Waals surface area contributed by atoms with E-state index in [0.717, 1.165) is 56.8 Å². The van der Waals surface area contributed by atoms with Gasteiger partial charge < -0.3 is 14.8 Å². The van der Waals surface area contributed by atoms with Gasteiger partial charge in [-0.1, -0.05) is 19.1 Å². The van der Waals surface area contributed by atoms with Crippen molar-refractivity contribution in [3.8, 4) is 0 Å². The van der Waals surface area contributed by atoms with E-state index in [4.69, 9.17) is 0 Å². The maximum absolute atomic E-state index is 10.7. The number of nitrogens with zero attached hydrogens (tertiary/aromatic N) is 5. The first kappa shape index (κ1) is 20.8. The molecule has 1 saturated heterocycles. The van der Waals surface area contributed by atoms with Gasteiger partial charge in [-0.3, -0.25) is 15.1 Å². The lowest BCUT2D eigenvalue weighted by Crippen LogP contribution is -2.49. The van der Waals surface area contributed by atoms with Gasteiger partial charge in [-0.15, -0.1) is 0 Å². The summed E-state index contributed by atoms with van der Waals surface area (Å²) in [5.41, 5.74) is 1.28. The summed E-state index contributed by atoms with van der Waals surface area (Å²) in [5, 5.41) is 14.2. The zero-order chi connectivity index (χ0) is 20.6. The molecule has 0 radical (unpaired) electrons. The number of aromatic nitrogens is 2. The van der Waals surface area contributed by atoms with Crippen LogP contribution in [0.4, 0.5) is 5.69 Å². The molecule has 1 fully saturated rings. The Morgan fingerprint density at radius 2 is 2.14 bits per heavy atom. The van der Waals surface area contributed by atoms with Gasteiger partial charge in [0.15, 0.2) is 5.96 Å². The second-order valence-corrected chi connectivity index (χ2v) is 7.64. The Morgan fingerprint density at radius 3 is 2.79 bits per heavy atom. The number of non-ortho nitro benzene ring substituents is 1. The number of nitro benzene ring substituents is 1. The average Bonchev–Trinajstić information content (AvgIpc) is 3.26. The maximum atomic E-state index is 10.7. The molecule has 0 aliphatic carbocycles. The highest BCUT2D eigenvalue weighted by Gasteiger charge is 2.28. The van der Waals surface area contributed by atoms with Crippen molar-refractivity contribution in [2.24, 2.45) is 10.9 Å². The number of unbranched alkanes of at least 4 members (excludes halogenated alkanes) is 1. The first-order valence-electron chi connectivity index (χ1n) is 10.2. The third-order valence-electron chi connectivity index (χ3n) is 5.66. The number of nitrogens with one attached hydrogen (secondary N) is 1. The minimum Gasteiger partial charge on any atom is -0.356 e. The van der Waals surface area contributed by atoms with E-state index >= 15 is 0 Å². The Kier molecular flexibility index (Phi) is 7.21. The Bertz CT molecular complexity index is 803. The van der Waals surface area contributed by atoms with Crippen LogP contribution in [0.15, 0.2) is 48.0 Å². The van der Waals surface area contributed by atoms with Crippen molar-refractivity contribution in [2.45, 2.75) is 38.6 Å². The van der Waals surface area contributed by atoms with Crippen LogP contribution in [0.3, 0.4) is 0 Å². The monoisotopic (exact) mass is 398 g/mol. The van der Waals surface area contributed by atoms with Gasteiger partial charge >= 0.3 is 0 Å². The first-order chi connectivity index (χ1) is 14.1. The molecule has 8 heteroatoms. The molecule has 2 aromatic rings. The van der Waals surface area contributed by atoms with Crippen LogP contribution in [0.5, 0.6) is 0 Å². The minimum absolute atomic E-state index is 0.143. The number of benzene rings is 1. The Morgan fingerprint density at radius 1 is 1.34 bits per heavy atom. The van der Waals surface area contributed by atoms with E-state index in [-0.39, 0.29) is 10.6 Å². The van der Waals surface area contributed by atoms with E-state index in [1.165, 1.54) is 0 Å². The van der Waals surface area contributed by atoms with Crippen LogP contribution in [0.1, 0.15) is 37.8 Å². The highest BCUT2D eigenvalue weighted by Crippen LogP contribution is 2.27. The fourth-order valence-corrected chi connectivity index (χ4v) is 3.87. The lowest BCUT2D eigenvalue weighted by Gasteiger charge is -2.39. The van der Waals surface area contributed by atoms with Crippen LogP contribution in [0.25, 0.3) is 0 Å². The Labute approximate surface area is 171 Å². The van der Waals surface area contributed by atoms with Crippen molar-refractivity contribution < 1.29 is 4.92 Å². The standard InChI is InChI=1S/C21H30N6O2/c1-17-10-13-25(15-20(17)26-14-12-23-16-26)21(22-2)24-11-4-3-5-18-6-8-19(9-7-18)27(28)29/h6-9,12,14,16-17,20H,3-5,10-11,13,15H2,1-2H3,(H,22,24). The van der Waals surface area contributed by atoms with Crippen molar-refractivity contribution in [3.63, 3.8) is 0 Å². The number of rotatable bonds is 7. The molecule has 0 saturated carbocycles. The molecule has 1 aliphatic rings. The molecule has 1 N–H and O–H groups in total. The smallest absolute Gasteiger partial charge is 0.269 e. The topological polar surface area (TPSA) is 88.6 Å². The largest absolute Gasteiger partial charge is 0.356 e. The molecular weight excluding hydrogens is 368 g/mol. The minimum atomic E-state index is -0.363. The molecule has 2 heterocycles. The molecular formula is C21H30N6O2. The van der Waals surface area contributed by atoms with Gasteiger partial charge in [0.05, 0.1) is 17.3 Å². The van der Waals surface area contributed by atoms with Gasteiger partial charge in [0.2, 0.25) is 0 Å². The highest BCUT2D eigenvalue weighted by atomic mass is 16.6. The molecule has 8 nitrogen and oxygen atoms in total. The number of nitro groups is 1. The van der Waals surface area contributed by atoms with Gasteiger partial charge in [0.1, 0.15) is 0 Å². The van der Waals surface area contributed by atoms with Gasteiger partial charge in [0, 0.05) is 51.2 Å². The number of hydrogen-bond acceptors (Lipinski definition) is 4. The molecule has 3 rings (SSSR count). The molecule has 0 bridgehead atoms. The molecule has 1 aromatic heterocycles. The van der Waals surface area contributed by atoms with Gasteiger partial charge in [-0.05, 0) is 37.2 Å². The fraction of sp³-hybridized carbons (Fsp3) is 0.524. The zero-order valence-electron chi connectivity index (χ0n) is 17.2. The number of imidazole rings is 1. The van der Waals surface area contributed by atoms with E-state index in [2.05, 4.69) is 31.7 Å². The van der Waals surface area contributed by atoms with Crippen LogP contribution >= 0.6 is 0 Å². The SMILES string of the molecule is CN=C(NCCCCc1ccc([N+](=O)[O-])cc1)N1CCC(C)C(n2ccnc2)C1. The number of hydrogen-bond donors (Lipinski definition) is 1. The predicted octanol–water partition coefficient (Wildman–Crippen LogP) is 3.27. The van der Waals surface area contributed by atoms with Gasteiger partial charge in [0.25, 0.3) is 5.69 Å². The molecule has 0 amide bonds. The van der Waals surface area contributed by atoms with Crippen molar-refractivity contribution in [3.05, 3.63) is 58.7 Å². The number of aryl methyl sites for hydroxylation is 1. The summed E-state index contributed by atoms with van der Waals surface area (Å²) >= 11 is 0. The second-order valence-electron chi connectivity index (χ2n) is 7.64. The fourth-order valence-electron chi connectivity index (χ4n) is 3.87. The number of likely N-dealkylation sites (tertiary alicyclic amines) is 1. The predicted molar refractivity (Wildman–Crippen MR) is 114 cm³/mol. The molecule has 2 atom stereocenters. The summed E-state index contributed by atoms with van der Waals surface area (Å²) in [6.07, 6.45) is 9.87. The number of piperidine rings is 1. The Balaban J connectivity index is 1.42. The summed E-state index contributed by atoms with van der Waals surface area (Å²) in [6, 6.07) is 7.24. The third-order valence-corrected chi connectivity index (χ3v) is 5.66. The van der Waals surface area contributed by atoms with Crippen LogP contribution < -0.4 is 5.32 Å². The van der Waals surface area contributed by atoms with Crippen molar-refractivity contribution in [2.75, 3.05) is 26.7 Å². The molecule has 29 heavy (non-hydrogen) atoms. The second kappa shape index (κ2) is 10.0. The van der Waals surface area contributed by atoms with Crippen LogP contribution in [0.2, 0.25) is 0 Å². The van der Waals surface area contributed by atoms with E-state index < -0.39 is 0 Å². The lowest BCUT2D eigenvalue weighted by molar-refractivity contribution is -0.384. The molecule has 1 aliphatic heterocycles. The van der Waals surface area contributed by atoms with Gasteiger partial charge in [-0.25, -0.2) is 4.98 Å². The molecule has 1 aromatic carbocycles. The maximum Gasteiger partial charge on any atom is 0.269 e.